The van der Waals surface area contributed by atoms with Gasteiger partial charge in [0, 0.05) is 10.9 Å². The van der Waals surface area contributed by atoms with Gasteiger partial charge in [0.1, 0.15) is 0 Å². The SMILES string of the molecule is COc1cc(CBr)c([N+](=O)[O-])cc1OCC(F)(F)F. The molecule has 9 heteroatoms. The molecule has 5 nitrogen and oxygen atoms in total. The van der Waals surface area contributed by atoms with Gasteiger partial charge in [0.05, 0.1) is 18.1 Å². The van der Waals surface area contributed by atoms with Crippen molar-refractivity contribution in [1.82, 2.24) is 0 Å². The monoisotopic (exact) mass is 343 g/mol. The van der Waals surface area contributed by atoms with E-state index in [-0.39, 0.29) is 28.1 Å². The van der Waals surface area contributed by atoms with E-state index >= 15 is 0 Å². The smallest absolute Gasteiger partial charge is 0.422 e. The number of nitro benzene ring substituents is 1. The third kappa shape index (κ3) is 4.27. The Bertz CT molecular complexity index is 479. The van der Waals surface area contributed by atoms with Gasteiger partial charge in [-0.1, -0.05) is 15.9 Å². The van der Waals surface area contributed by atoms with Crippen LogP contribution in [0.25, 0.3) is 0 Å². The largest absolute Gasteiger partial charge is 0.493 e. The number of benzene rings is 1. The Morgan fingerprint density at radius 1 is 1.37 bits per heavy atom. The number of nitro groups is 1. The summed E-state index contributed by atoms with van der Waals surface area (Å²) in [7, 11) is 1.24. The van der Waals surface area contributed by atoms with Crippen molar-refractivity contribution in [3.8, 4) is 11.5 Å². The molecular formula is C10H9BrF3NO4. The van der Waals surface area contributed by atoms with Crippen LogP contribution in [0.2, 0.25) is 0 Å². The van der Waals surface area contributed by atoms with E-state index in [1.165, 1.54) is 13.2 Å². The normalized spacial score (nSPS) is 11.2. The highest BCUT2D eigenvalue weighted by Gasteiger charge is 2.30. The van der Waals surface area contributed by atoms with Gasteiger partial charge in [-0.25, -0.2) is 0 Å². The van der Waals surface area contributed by atoms with Gasteiger partial charge in [-0.2, -0.15) is 13.2 Å². The molecule has 0 atom stereocenters. The number of rotatable bonds is 5. The fourth-order valence-corrected chi connectivity index (χ4v) is 1.75. The molecule has 0 spiro atoms. The Kier molecular flexibility index (Phi) is 4.98. The van der Waals surface area contributed by atoms with Crippen LogP contribution in [0.15, 0.2) is 12.1 Å². The summed E-state index contributed by atoms with van der Waals surface area (Å²) in [4.78, 5) is 10.1. The fourth-order valence-electron chi connectivity index (χ4n) is 1.30. The number of hydrogen-bond donors (Lipinski definition) is 0. The van der Waals surface area contributed by atoms with Crippen LogP contribution >= 0.6 is 15.9 Å². The maximum atomic E-state index is 12.1. The minimum absolute atomic E-state index is 0.00398. The van der Waals surface area contributed by atoms with Crippen LogP contribution in [-0.4, -0.2) is 24.8 Å². The first-order valence-corrected chi connectivity index (χ1v) is 6.01. The van der Waals surface area contributed by atoms with E-state index in [9.17, 15) is 23.3 Å². The van der Waals surface area contributed by atoms with Gasteiger partial charge in [0.25, 0.3) is 5.69 Å². The van der Waals surface area contributed by atoms with Crippen LogP contribution in [0.5, 0.6) is 11.5 Å². The van der Waals surface area contributed by atoms with E-state index in [0.29, 0.717) is 0 Å². The van der Waals surface area contributed by atoms with Crippen LogP contribution in [0, 0.1) is 10.1 Å². The van der Waals surface area contributed by atoms with Crippen molar-refractivity contribution in [3.63, 3.8) is 0 Å². The van der Waals surface area contributed by atoms with Crippen LogP contribution in [0.1, 0.15) is 5.56 Å². The number of nitrogens with zero attached hydrogens (tertiary/aromatic N) is 1. The van der Waals surface area contributed by atoms with Crippen LogP contribution in [-0.2, 0) is 5.33 Å². The maximum Gasteiger partial charge on any atom is 0.422 e. The topological polar surface area (TPSA) is 61.6 Å². The second-order valence-electron chi connectivity index (χ2n) is 3.43. The first-order valence-electron chi connectivity index (χ1n) is 4.89. The highest BCUT2D eigenvalue weighted by molar-refractivity contribution is 9.08. The molecule has 0 aliphatic heterocycles. The standard InChI is InChI=1S/C10H9BrF3NO4/c1-18-8-2-6(4-11)7(15(16)17)3-9(8)19-5-10(12,13)14/h2-3H,4-5H2,1H3. The molecule has 1 aromatic carbocycles. The summed E-state index contributed by atoms with van der Waals surface area (Å²) >= 11 is 3.05. The Hall–Kier alpha value is -1.51. The zero-order chi connectivity index (χ0) is 14.6. The maximum absolute atomic E-state index is 12.1. The average Bonchev–Trinajstić information content (AvgIpc) is 2.34. The molecule has 1 rings (SSSR count). The van der Waals surface area contributed by atoms with Crippen molar-refractivity contribution in [1.29, 1.82) is 0 Å². The molecular weight excluding hydrogens is 335 g/mol. The molecule has 0 heterocycles. The minimum Gasteiger partial charge on any atom is -0.493 e. The van der Waals surface area contributed by atoms with Crippen LogP contribution in [0.4, 0.5) is 18.9 Å². The van der Waals surface area contributed by atoms with Crippen LogP contribution < -0.4 is 9.47 Å². The summed E-state index contributed by atoms with van der Waals surface area (Å²) < 4.78 is 45.6. The van der Waals surface area contributed by atoms with E-state index in [1.807, 2.05) is 0 Å². The lowest BCUT2D eigenvalue weighted by molar-refractivity contribution is -0.385. The first kappa shape index (κ1) is 15.5. The highest BCUT2D eigenvalue weighted by atomic mass is 79.9. The lowest BCUT2D eigenvalue weighted by Crippen LogP contribution is -2.19. The zero-order valence-corrected chi connectivity index (χ0v) is 11.2. The fraction of sp³-hybridized carbons (Fsp3) is 0.400. The molecule has 0 amide bonds. The van der Waals surface area contributed by atoms with Crippen molar-refractivity contribution < 1.29 is 27.6 Å². The molecule has 1 aromatic rings. The molecule has 0 N–H and O–H groups in total. The molecule has 0 aliphatic carbocycles. The van der Waals surface area contributed by atoms with E-state index in [0.717, 1.165) is 6.07 Å². The summed E-state index contributed by atoms with van der Waals surface area (Å²) in [6.45, 7) is -1.55. The lowest BCUT2D eigenvalue weighted by atomic mass is 10.2. The minimum atomic E-state index is -4.53. The Balaban J connectivity index is 3.15. The number of hydrogen-bond acceptors (Lipinski definition) is 4. The summed E-state index contributed by atoms with van der Waals surface area (Å²) in [6, 6.07) is 2.18. The summed E-state index contributed by atoms with van der Waals surface area (Å²) in [5.41, 5.74) is -0.0592. The van der Waals surface area contributed by atoms with Crippen molar-refractivity contribution in [2.75, 3.05) is 13.7 Å². The predicted octanol–water partition coefficient (Wildman–Crippen LogP) is 3.44. The van der Waals surface area contributed by atoms with E-state index in [1.54, 1.807) is 0 Å². The number of alkyl halides is 4. The summed E-state index contributed by atoms with van der Waals surface area (Å²) in [5.74, 6) is -0.319. The second kappa shape index (κ2) is 6.09. The van der Waals surface area contributed by atoms with Crippen LogP contribution in [0.3, 0.4) is 0 Å². The summed E-state index contributed by atoms with van der Waals surface area (Å²) in [5, 5.41) is 11.0. The van der Waals surface area contributed by atoms with Crippen molar-refractivity contribution >= 4 is 21.6 Å². The second-order valence-corrected chi connectivity index (χ2v) is 3.99. The highest BCUT2D eigenvalue weighted by Crippen LogP contribution is 2.36. The van der Waals surface area contributed by atoms with E-state index in [4.69, 9.17) is 4.74 Å². The molecule has 0 saturated carbocycles. The van der Waals surface area contributed by atoms with E-state index in [2.05, 4.69) is 20.7 Å². The number of ether oxygens (including phenoxy) is 2. The molecule has 0 aliphatic rings. The first-order chi connectivity index (χ1) is 8.78. The molecule has 0 radical (unpaired) electrons. The third-order valence-electron chi connectivity index (χ3n) is 2.10. The molecule has 0 unspecified atom stereocenters. The van der Waals surface area contributed by atoms with Gasteiger partial charge >= 0.3 is 6.18 Å². The molecule has 106 valence electrons. The quantitative estimate of drug-likeness (QED) is 0.466. The molecule has 0 aromatic heterocycles. The summed E-state index contributed by atoms with van der Waals surface area (Å²) in [6.07, 6.45) is -4.53. The Labute approximate surface area is 114 Å². The number of halogens is 4. The molecule has 19 heavy (non-hydrogen) atoms. The van der Waals surface area contributed by atoms with Gasteiger partial charge in [0.2, 0.25) is 0 Å². The van der Waals surface area contributed by atoms with Crippen molar-refractivity contribution in [3.05, 3.63) is 27.8 Å². The number of methoxy groups -OCH3 is 1. The van der Waals surface area contributed by atoms with Gasteiger partial charge in [-0.15, -0.1) is 0 Å². The molecule has 0 fully saturated rings. The predicted molar refractivity (Wildman–Crippen MR) is 63.8 cm³/mol. The third-order valence-corrected chi connectivity index (χ3v) is 2.70. The van der Waals surface area contributed by atoms with Crippen molar-refractivity contribution in [2.24, 2.45) is 0 Å². The Morgan fingerprint density at radius 2 is 2.00 bits per heavy atom. The average molecular weight is 344 g/mol. The van der Waals surface area contributed by atoms with Gasteiger partial charge < -0.3 is 9.47 Å². The molecule has 0 saturated heterocycles. The van der Waals surface area contributed by atoms with E-state index < -0.39 is 17.7 Å². The Morgan fingerprint density at radius 3 is 2.42 bits per heavy atom. The van der Waals surface area contributed by atoms with Gasteiger partial charge in [0.15, 0.2) is 18.1 Å². The zero-order valence-electron chi connectivity index (χ0n) is 9.66. The van der Waals surface area contributed by atoms with Gasteiger partial charge in [-0.3, -0.25) is 10.1 Å². The van der Waals surface area contributed by atoms with Gasteiger partial charge in [-0.05, 0) is 6.07 Å². The lowest BCUT2D eigenvalue weighted by Gasteiger charge is -2.13. The van der Waals surface area contributed by atoms with Crippen molar-refractivity contribution in [2.45, 2.75) is 11.5 Å². The molecule has 0 bridgehead atoms.